The maximum absolute atomic E-state index is 12.4. The van der Waals surface area contributed by atoms with Gasteiger partial charge in [0.2, 0.25) is 0 Å². The van der Waals surface area contributed by atoms with Gasteiger partial charge in [0.05, 0.1) is 0 Å². The van der Waals surface area contributed by atoms with Crippen LogP contribution in [0.5, 0.6) is 5.75 Å². The van der Waals surface area contributed by atoms with Crippen LogP contribution in [0.25, 0.3) is 16.6 Å². The quantitative estimate of drug-likeness (QED) is 0.660. The van der Waals surface area contributed by atoms with Crippen LogP contribution in [0.1, 0.15) is 17.5 Å². The number of ether oxygens (including phenoxy) is 1. The van der Waals surface area contributed by atoms with Gasteiger partial charge in [-0.3, -0.25) is 0 Å². The number of hydrogen-bond donors (Lipinski definition) is 2. The fraction of sp³-hybridized carbons (Fsp3) is 0.238. The molecule has 9 heteroatoms. The number of alkyl halides is 3. The van der Waals surface area contributed by atoms with E-state index in [4.69, 9.17) is 0 Å². The Balaban J connectivity index is 1.35. The van der Waals surface area contributed by atoms with Gasteiger partial charge < -0.3 is 19.9 Å². The number of carbonyl (C=O) groups is 1. The van der Waals surface area contributed by atoms with Crippen LogP contribution in [0.4, 0.5) is 18.0 Å². The molecule has 156 valence electrons. The number of H-pyrrole nitrogens is 1. The maximum Gasteiger partial charge on any atom is 0.573 e. The molecule has 2 N–H and O–H groups in total. The van der Waals surface area contributed by atoms with Crippen molar-refractivity contribution in [2.45, 2.75) is 19.3 Å². The number of aromatic nitrogens is 2. The maximum atomic E-state index is 12.4. The van der Waals surface area contributed by atoms with Crippen LogP contribution < -0.4 is 10.1 Å². The third-order valence-electron chi connectivity index (χ3n) is 4.87. The average molecular weight is 416 g/mol. The highest BCUT2D eigenvalue weighted by molar-refractivity contribution is 5.91. The van der Waals surface area contributed by atoms with Crippen LogP contribution in [0, 0.1) is 0 Å². The molecule has 0 fully saturated rings. The van der Waals surface area contributed by atoms with E-state index in [-0.39, 0.29) is 18.3 Å². The van der Waals surface area contributed by atoms with Crippen LogP contribution in [0.15, 0.2) is 54.9 Å². The number of amides is 2. The van der Waals surface area contributed by atoms with Crippen molar-refractivity contribution in [1.82, 2.24) is 20.2 Å². The second-order valence-corrected chi connectivity index (χ2v) is 6.88. The summed E-state index contributed by atoms with van der Waals surface area (Å²) in [6, 6.07) is 9.18. The number of nitrogens with one attached hydrogen (secondary N) is 2. The van der Waals surface area contributed by atoms with Gasteiger partial charge in [-0.05, 0) is 41.8 Å². The Morgan fingerprint density at radius 1 is 1.27 bits per heavy atom. The molecule has 0 saturated carbocycles. The van der Waals surface area contributed by atoms with Crippen molar-refractivity contribution < 1.29 is 22.7 Å². The summed E-state index contributed by atoms with van der Waals surface area (Å²) >= 11 is 0. The Kier molecular flexibility index (Phi) is 5.35. The van der Waals surface area contributed by atoms with Gasteiger partial charge in [-0.1, -0.05) is 18.2 Å². The monoisotopic (exact) mass is 416 g/mol. The molecular weight excluding hydrogens is 397 g/mol. The first-order valence-corrected chi connectivity index (χ1v) is 9.38. The summed E-state index contributed by atoms with van der Waals surface area (Å²) in [4.78, 5) is 21.5. The summed E-state index contributed by atoms with van der Waals surface area (Å²) in [6.07, 6.45) is 1.62. The molecule has 0 atom stereocenters. The van der Waals surface area contributed by atoms with E-state index < -0.39 is 6.36 Å². The predicted molar refractivity (Wildman–Crippen MR) is 106 cm³/mol. The number of benzene rings is 1. The van der Waals surface area contributed by atoms with Crippen LogP contribution in [0.2, 0.25) is 0 Å². The molecule has 0 saturated heterocycles. The van der Waals surface area contributed by atoms with Gasteiger partial charge in [-0.2, -0.15) is 0 Å². The summed E-state index contributed by atoms with van der Waals surface area (Å²) < 4.78 is 40.9. The van der Waals surface area contributed by atoms with Gasteiger partial charge in [0.1, 0.15) is 11.4 Å². The second-order valence-electron chi connectivity index (χ2n) is 6.88. The highest BCUT2D eigenvalue weighted by Gasteiger charge is 2.31. The fourth-order valence-corrected chi connectivity index (χ4v) is 3.46. The smallest absolute Gasteiger partial charge is 0.406 e. The Bertz CT molecular complexity index is 1090. The van der Waals surface area contributed by atoms with Gasteiger partial charge in [0, 0.05) is 43.0 Å². The van der Waals surface area contributed by atoms with Crippen LogP contribution >= 0.6 is 0 Å². The van der Waals surface area contributed by atoms with E-state index in [1.807, 2.05) is 24.4 Å². The first-order chi connectivity index (χ1) is 14.4. The van der Waals surface area contributed by atoms with Gasteiger partial charge in [-0.25, -0.2) is 9.78 Å². The molecule has 3 heterocycles. The summed E-state index contributed by atoms with van der Waals surface area (Å²) in [7, 11) is 0. The zero-order valence-electron chi connectivity index (χ0n) is 15.9. The summed E-state index contributed by atoms with van der Waals surface area (Å²) in [6.45, 7) is 1.10. The molecule has 1 aromatic carbocycles. The van der Waals surface area contributed by atoms with E-state index in [0.29, 0.717) is 25.1 Å². The van der Waals surface area contributed by atoms with Crippen molar-refractivity contribution in [1.29, 1.82) is 0 Å². The highest BCUT2D eigenvalue weighted by atomic mass is 19.4. The first kappa shape index (κ1) is 19.8. The number of rotatable bonds is 4. The number of fused-ring (bicyclic) bond motifs is 1. The van der Waals surface area contributed by atoms with Gasteiger partial charge >= 0.3 is 12.4 Å². The molecule has 3 aromatic rings. The van der Waals surface area contributed by atoms with Crippen molar-refractivity contribution in [2.75, 3.05) is 13.1 Å². The van der Waals surface area contributed by atoms with Gasteiger partial charge in [0.25, 0.3) is 0 Å². The minimum absolute atomic E-state index is 0.106. The molecule has 4 rings (SSSR count). The molecule has 6 nitrogen and oxygen atoms in total. The minimum atomic E-state index is -4.75. The number of nitrogens with zero attached hydrogens (tertiary/aromatic N) is 2. The minimum Gasteiger partial charge on any atom is -0.406 e. The SMILES string of the molecule is O=C(NCc1cccc(OC(F)(F)F)c1)N1CC=C(c2c[nH]c3ncccc23)CC1. The van der Waals surface area contributed by atoms with E-state index in [0.717, 1.165) is 22.2 Å². The van der Waals surface area contributed by atoms with Crippen molar-refractivity contribution >= 4 is 22.6 Å². The number of carbonyl (C=O) groups excluding carboxylic acids is 1. The lowest BCUT2D eigenvalue weighted by Crippen LogP contribution is -2.41. The Morgan fingerprint density at radius 3 is 2.90 bits per heavy atom. The molecule has 30 heavy (non-hydrogen) atoms. The van der Waals surface area contributed by atoms with E-state index in [9.17, 15) is 18.0 Å². The zero-order valence-corrected chi connectivity index (χ0v) is 15.9. The van der Waals surface area contributed by atoms with Crippen LogP contribution in [-0.2, 0) is 6.54 Å². The largest absolute Gasteiger partial charge is 0.573 e. The van der Waals surface area contributed by atoms with Gasteiger partial charge in [-0.15, -0.1) is 13.2 Å². The normalized spacial score (nSPS) is 14.5. The third-order valence-corrected chi connectivity index (χ3v) is 4.87. The fourth-order valence-electron chi connectivity index (χ4n) is 3.46. The molecule has 1 aliphatic rings. The standard InChI is InChI=1S/C21H19F3N4O2/c22-21(23,24)30-16-4-1-3-14(11-16)12-27-20(29)28-9-6-15(7-10-28)18-13-26-19-17(18)5-2-8-25-19/h1-6,8,11,13H,7,9-10,12H2,(H,25,26)(H,27,29). The predicted octanol–water partition coefficient (Wildman–Crippen LogP) is 4.46. The molecule has 1 aliphatic heterocycles. The lowest BCUT2D eigenvalue weighted by molar-refractivity contribution is -0.274. The van der Waals surface area contributed by atoms with Crippen molar-refractivity contribution in [3.8, 4) is 5.75 Å². The highest BCUT2D eigenvalue weighted by Crippen LogP contribution is 2.28. The number of urea groups is 1. The van der Waals surface area contributed by atoms with Crippen molar-refractivity contribution in [2.24, 2.45) is 0 Å². The van der Waals surface area contributed by atoms with Crippen LogP contribution in [-0.4, -0.2) is 40.4 Å². The van der Waals surface area contributed by atoms with Crippen molar-refractivity contribution in [3.05, 3.63) is 66.0 Å². The Hall–Kier alpha value is -3.49. The van der Waals surface area contributed by atoms with E-state index in [2.05, 4.69) is 20.0 Å². The van der Waals surface area contributed by atoms with E-state index in [1.54, 1.807) is 17.2 Å². The molecule has 2 amide bonds. The lowest BCUT2D eigenvalue weighted by atomic mass is 10.00. The second kappa shape index (κ2) is 8.10. The summed E-state index contributed by atoms with van der Waals surface area (Å²) in [5, 5.41) is 3.79. The Labute approximate surface area is 170 Å². The molecule has 0 radical (unpaired) electrons. The lowest BCUT2D eigenvalue weighted by Gasteiger charge is -2.26. The topological polar surface area (TPSA) is 70.2 Å². The van der Waals surface area contributed by atoms with Gasteiger partial charge in [0.15, 0.2) is 0 Å². The summed E-state index contributed by atoms with van der Waals surface area (Å²) in [5.41, 5.74) is 3.57. The zero-order chi connectivity index (χ0) is 21.1. The van der Waals surface area contributed by atoms with E-state index >= 15 is 0 Å². The average Bonchev–Trinajstić information content (AvgIpc) is 3.15. The molecule has 0 spiro atoms. The summed E-state index contributed by atoms with van der Waals surface area (Å²) in [5.74, 6) is -0.312. The first-order valence-electron chi connectivity index (χ1n) is 9.38. The molecule has 0 aliphatic carbocycles. The number of aromatic amines is 1. The van der Waals surface area contributed by atoms with Crippen LogP contribution in [0.3, 0.4) is 0 Å². The molecular formula is C21H19F3N4O2. The molecule has 0 bridgehead atoms. The number of pyridine rings is 1. The molecule has 0 unspecified atom stereocenters. The molecule has 2 aromatic heterocycles. The third kappa shape index (κ3) is 4.56. The number of halogens is 3. The number of hydrogen-bond acceptors (Lipinski definition) is 3. The van der Waals surface area contributed by atoms with E-state index in [1.165, 1.54) is 18.2 Å². The van der Waals surface area contributed by atoms with Crippen molar-refractivity contribution in [3.63, 3.8) is 0 Å². The Morgan fingerprint density at radius 2 is 2.13 bits per heavy atom.